The summed E-state index contributed by atoms with van der Waals surface area (Å²) in [7, 11) is 1.74. The Bertz CT molecular complexity index is 1030. The monoisotopic (exact) mass is 517 g/mol. The van der Waals surface area contributed by atoms with Crippen molar-refractivity contribution < 1.29 is 4.74 Å². The van der Waals surface area contributed by atoms with E-state index < -0.39 is 0 Å². The SMILES string of the molecule is COc1ccccc1N1CCN(CCCNC(=S)c2ccccc2-c2ccccc2)CC1.Cl.Cl. The van der Waals surface area contributed by atoms with Gasteiger partial charge in [-0.3, -0.25) is 4.90 Å². The van der Waals surface area contributed by atoms with Gasteiger partial charge in [0.1, 0.15) is 10.7 Å². The Morgan fingerprint density at radius 3 is 2.24 bits per heavy atom. The van der Waals surface area contributed by atoms with Crippen molar-refractivity contribution in [3.05, 3.63) is 84.4 Å². The van der Waals surface area contributed by atoms with Crippen LogP contribution in [-0.4, -0.2) is 56.3 Å². The van der Waals surface area contributed by atoms with Crippen LogP contribution in [-0.2, 0) is 0 Å². The molecule has 1 saturated heterocycles. The van der Waals surface area contributed by atoms with Crippen LogP contribution in [0.1, 0.15) is 12.0 Å². The number of rotatable bonds is 8. The van der Waals surface area contributed by atoms with E-state index in [0.717, 1.165) is 62.0 Å². The fourth-order valence-corrected chi connectivity index (χ4v) is 4.53. The maximum absolute atomic E-state index is 5.73. The van der Waals surface area contributed by atoms with Gasteiger partial charge in [-0.2, -0.15) is 0 Å². The molecule has 0 radical (unpaired) electrons. The number of thiocarbonyl (C=S) groups is 1. The molecule has 4 nitrogen and oxygen atoms in total. The van der Waals surface area contributed by atoms with Crippen LogP contribution in [0.5, 0.6) is 5.75 Å². The van der Waals surface area contributed by atoms with Gasteiger partial charge in [0.2, 0.25) is 0 Å². The third-order valence-corrected chi connectivity index (χ3v) is 6.36. The second-order valence-electron chi connectivity index (χ2n) is 8.02. The van der Waals surface area contributed by atoms with E-state index in [0.29, 0.717) is 0 Å². The van der Waals surface area contributed by atoms with Gasteiger partial charge < -0.3 is 15.0 Å². The van der Waals surface area contributed by atoms with Gasteiger partial charge in [-0.05, 0) is 36.2 Å². The fraction of sp³-hybridized carbons (Fsp3) is 0.296. The average molecular weight is 519 g/mol. The Morgan fingerprint density at radius 1 is 0.853 bits per heavy atom. The Kier molecular flexibility index (Phi) is 11.6. The summed E-state index contributed by atoms with van der Waals surface area (Å²) < 4.78 is 5.52. The number of anilines is 1. The number of para-hydroxylation sites is 2. The summed E-state index contributed by atoms with van der Waals surface area (Å²) in [5, 5.41) is 3.48. The second kappa shape index (κ2) is 14.2. The lowest BCUT2D eigenvalue weighted by molar-refractivity contribution is 0.254. The molecule has 1 aliphatic rings. The minimum atomic E-state index is 0. The van der Waals surface area contributed by atoms with Crippen LogP contribution in [0.25, 0.3) is 11.1 Å². The molecule has 0 spiro atoms. The second-order valence-corrected chi connectivity index (χ2v) is 8.43. The van der Waals surface area contributed by atoms with Crippen molar-refractivity contribution in [1.29, 1.82) is 0 Å². The summed E-state index contributed by atoms with van der Waals surface area (Å²) in [6.45, 7) is 6.15. The number of hydrogen-bond donors (Lipinski definition) is 1. The van der Waals surface area contributed by atoms with Crippen molar-refractivity contribution in [2.45, 2.75) is 6.42 Å². The predicted octanol–water partition coefficient (Wildman–Crippen LogP) is 5.68. The normalized spacial score (nSPS) is 13.4. The van der Waals surface area contributed by atoms with Gasteiger partial charge in [-0.15, -0.1) is 24.8 Å². The van der Waals surface area contributed by atoms with Gasteiger partial charge in [-0.25, -0.2) is 0 Å². The molecule has 0 bridgehead atoms. The van der Waals surface area contributed by atoms with Gasteiger partial charge >= 0.3 is 0 Å². The molecule has 0 aromatic heterocycles. The molecule has 7 heteroatoms. The largest absolute Gasteiger partial charge is 0.495 e. The standard InChI is InChI=1S/C27H31N3OS.2ClH/c1-31-26-15-8-7-14-25(26)30-20-18-29(19-21-30)17-9-16-28-27(32)24-13-6-5-12-23(24)22-10-3-2-4-11-22;;/h2-8,10-15H,9,16-21H2,1H3,(H,28,32);2*1H. The van der Waals surface area contributed by atoms with Crippen molar-refractivity contribution in [3.63, 3.8) is 0 Å². The number of ether oxygens (including phenoxy) is 1. The fourth-order valence-electron chi connectivity index (χ4n) is 4.25. The Balaban J connectivity index is 0.00000204. The minimum Gasteiger partial charge on any atom is -0.495 e. The highest BCUT2D eigenvalue weighted by atomic mass is 35.5. The molecule has 1 fully saturated rings. The first kappa shape index (κ1) is 27.9. The van der Waals surface area contributed by atoms with Crippen molar-refractivity contribution in [2.75, 3.05) is 51.3 Å². The number of hydrogen-bond acceptors (Lipinski definition) is 4. The smallest absolute Gasteiger partial charge is 0.142 e. The Hall–Kier alpha value is -2.31. The number of nitrogens with one attached hydrogen (secondary N) is 1. The van der Waals surface area contributed by atoms with Crippen LogP contribution in [0.2, 0.25) is 0 Å². The van der Waals surface area contributed by atoms with E-state index in [9.17, 15) is 0 Å². The Labute approximate surface area is 221 Å². The highest BCUT2D eigenvalue weighted by molar-refractivity contribution is 7.80. The molecule has 0 saturated carbocycles. The zero-order valence-electron chi connectivity index (χ0n) is 19.5. The molecule has 1 N–H and O–H groups in total. The maximum atomic E-state index is 5.73. The lowest BCUT2D eigenvalue weighted by atomic mass is 9.99. The van der Waals surface area contributed by atoms with Gasteiger partial charge in [-0.1, -0.05) is 78.9 Å². The molecule has 4 rings (SSSR count). The molecule has 1 heterocycles. The van der Waals surface area contributed by atoms with Crippen molar-refractivity contribution in [2.24, 2.45) is 0 Å². The molecule has 3 aromatic rings. The first-order valence-corrected chi connectivity index (χ1v) is 11.7. The Morgan fingerprint density at radius 2 is 1.50 bits per heavy atom. The topological polar surface area (TPSA) is 27.7 Å². The van der Waals surface area contributed by atoms with E-state index in [1.165, 1.54) is 16.8 Å². The molecule has 0 unspecified atom stereocenters. The van der Waals surface area contributed by atoms with Gasteiger partial charge in [0.15, 0.2) is 0 Å². The predicted molar refractivity (Wildman–Crippen MR) is 152 cm³/mol. The molecule has 0 atom stereocenters. The van der Waals surface area contributed by atoms with E-state index >= 15 is 0 Å². The highest BCUT2D eigenvalue weighted by Gasteiger charge is 2.19. The first-order chi connectivity index (χ1) is 15.8. The van der Waals surface area contributed by atoms with Crippen LogP contribution < -0.4 is 15.0 Å². The summed E-state index contributed by atoms with van der Waals surface area (Å²) in [4.78, 5) is 5.78. The van der Waals surface area contributed by atoms with E-state index in [4.69, 9.17) is 17.0 Å². The summed E-state index contributed by atoms with van der Waals surface area (Å²) >= 11 is 5.73. The zero-order valence-corrected chi connectivity index (χ0v) is 21.9. The van der Waals surface area contributed by atoms with Crippen LogP contribution in [0.3, 0.4) is 0 Å². The van der Waals surface area contributed by atoms with Crippen LogP contribution in [0.15, 0.2) is 78.9 Å². The summed E-state index contributed by atoms with van der Waals surface area (Å²) in [5.74, 6) is 0.953. The molecule has 0 aliphatic carbocycles. The molecule has 34 heavy (non-hydrogen) atoms. The maximum Gasteiger partial charge on any atom is 0.142 e. The van der Waals surface area contributed by atoms with E-state index in [1.807, 2.05) is 18.2 Å². The third kappa shape index (κ3) is 7.09. The average Bonchev–Trinajstić information content (AvgIpc) is 2.87. The number of benzene rings is 3. The number of nitrogens with zero attached hydrogens (tertiary/aromatic N) is 2. The van der Waals surface area contributed by atoms with E-state index in [-0.39, 0.29) is 24.8 Å². The van der Waals surface area contributed by atoms with Crippen LogP contribution >= 0.6 is 37.0 Å². The number of piperazine rings is 1. The van der Waals surface area contributed by atoms with Gasteiger partial charge in [0, 0.05) is 38.3 Å². The van der Waals surface area contributed by atoms with Crippen molar-refractivity contribution in [1.82, 2.24) is 10.2 Å². The summed E-state index contributed by atoms with van der Waals surface area (Å²) in [6, 6.07) is 27.1. The van der Waals surface area contributed by atoms with Crippen LogP contribution in [0.4, 0.5) is 5.69 Å². The molecule has 1 aliphatic heterocycles. The summed E-state index contributed by atoms with van der Waals surface area (Å²) in [5.41, 5.74) is 4.66. The highest BCUT2D eigenvalue weighted by Crippen LogP contribution is 2.28. The summed E-state index contributed by atoms with van der Waals surface area (Å²) in [6.07, 6.45) is 1.07. The van der Waals surface area contributed by atoms with Gasteiger partial charge in [0.05, 0.1) is 12.8 Å². The van der Waals surface area contributed by atoms with E-state index in [2.05, 4.69) is 75.8 Å². The quantitative estimate of drug-likeness (QED) is 0.306. The van der Waals surface area contributed by atoms with Gasteiger partial charge in [0.25, 0.3) is 0 Å². The van der Waals surface area contributed by atoms with Crippen molar-refractivity contribution >= 4 is 47.7 Å². The third-order valence-electron chi connectivity index (χ3n) is 5.99. The lowest BCUT2D eigenvalue weighted by Crippen LogP contribution is -2.47. The zero-order chi connectivity index (χ0) is 22.2. The first-order valence-electron chi connectivity index (χ1n) is 11.3. The van der Waals surface area contributed by atoms with E-state index in [1.54, 1.807) is 7.11 Å². The minimum absolute atomic E-state index is 0. The molecular formula is C27H33Cl2N3OS. The molecule has 3 aromatic carbocycles. The number of halogens is 2. The molecular weight excluding hydrogens is 485 g/mol. The molecule has 0 amide bonds. The lowest BCUT2D eigenvalue weighted by Gasteiger charge is -2.36. The van der Waals surface area contributed by atoms with Crippen LogP contribution in [0, 0.1) is 0 Å². The molecule has 182 valence electrons. The van der Waals surface area contributed by atoms with Crippen molar-refractivity contribution in [3.8, 4) is 16.9 Å². The number of methoxy groups -OCH3 is 1.